The lowest BCUT2D eigenvalue weighted by molar-refractivity contribution is 0.462. The zero-order chi connectivity index (χ0) is 15.8. The molecule has 4 nitrogen and oxygen atoms in total. The van der Waals surface area contributed by atoms with Gasteiger partial charge in [-0.05, 0) is 67.1 Å². The second kappa shape index (κ2) is 5.70. The van der Waals surface area contributed by atoms with Crippen molar-refractivity contribution in [2.24, 2.45) is 0 Å². The summed E-state index contributed by atoms with van der Waals surface area (Å²) in [5.74, 6) is 1.15. The van der Waals surface area contributed by atoms with E-state index >= 15 is 0 Å². The molecule has 0 atom stereocenters. The van der Waals surface area contributed by atoms with E-state index in [9.17, 15) is 5.11 Å². The van der Waals surface area contributed by atoms with Crippen molar-refractivity contribution in [1.29, 1.82) is 0 Å². The highest BCUT2D eigenvalue weighted by Crippen LogP contribution is 2.36. The maximum Gasteiger partial charge on any atom is 0.141 e. The summed E-state index contributed by atoms with van der Waals surface area (Å²) < 4.78 is 0. The lowest BCUT2D eigenvalue weighted by Crippen LogP contribution is -2.07. The smallest absolute Gasteiger partial charge is 0.141 e. The van der Waals surface area contributed by atoms with Crippen molar-refractivity contribution in [3.8, 4) is 5.75 Å². The highest BCUT2D eigenvalue weighted by molar-refractivity contribution is 6.31. The van der Waals surface area contributed by atoms with E-state index in [1.807, 2.05) is 24.3 Å². The molecule has 2 N–H and O–H groups in total. The number of anilines is 2. The maximum absolute atomic E-state index is 10.1. The lowest BCUT2D eigenvalue weighted by Gasteiger charge is -2.21. The number of nitrogens with one attached hydrogen (secondary N) is 1. The van der Waals surface area contributed by atoms with Crippen LogP contribution >= 0.6 is 11.6 Å². The van der Waals surface area contributed by atoms with Crippen LogP contribution in [0.2, 0.25) is 5.02 Å². The van der Waals surface area contributed by atoms with E-state index in [0.29, 0.717) is 10.8 Å². The quantitative estimate of drug-likeness (QED) is 0.675. The molecule has 0 radical (unpaired) electrons. The van der Waals surface area contributed by atoms with Gasteiger partial charge in [-0.1, -0.05) is 11.6 Å². The average Bonchev–Trinajstić information content (AvgIpc) is 2.57. The van der Waals surface area contributed by atoms with Gasteiger partial charge in [0, 0.05) is 16.1 Å². The van der Waals surface area contributed by atoms with Crippen LogP contribution in [0.5, 0.6) is 5.75 Å². The molecule has 0 aliphatic heterocycles. The van der Waals surface area contributed by atoms with E-state index in [1.54, 1.807) is 6.07 Å². The molecule has 5 heteroatoms. The van der Waals surface area contributed by atoms with Crippen LogP contribution in [0.25, 0.3) is 10.9 Å². The summed E-state index contributed by atoms with van der Waals surface area (Å²) in [5.41, 5.74) is 4.06. The van der Waals surface area contributed by atoms with Gasteiger partial charge in [0.05, 0.1) is 5.52 Å². The number of halogens is 1. The van der Waals surface area contributed by atoms with Crippen LogP contribution in [-0.2, 0) is 12.8 Å². The normalized spacial score (nSPS) is 13.8. The van der Waals surface area contributed by atoms with Crippen LogP contribution < -0.4 is 5.32 Å². The van der Waals surface area contributed by atoms with Gasteiger partial charge >= 0.3 is 0 Å². The summed E-state index contributed by atoms with van der Waals surface area (Å²) in [4.78, 5) is 8.65. The Morgan fingerprint density at radius 1 is 1.00 bits per heavy atom. The summed E-state index contributed by atoms with van der Waals surface area (Å²) in [7, 11) is 0. The van der Waals surface area contributed by atoms with Crippen molar-refractivity contribution in [1.82, 2.24) is 9.97 Å². The Balaban J connectivity index is 1.80. The molecule has 3 aromatic rings. The number of fused-ring (bicyclic) bond motifs is 2. The Morgan fingerprint density at radius 2 is 1.83 bits per heavy atom. The molecule has 0 spiro atoms. The molecule has 116 valence electrons. The Morgan fingerprint density at radius 3 is 2.70 bits per heavy atom. The largest absolute Gasteiger partial charge is 0.508 e. The molecule has 1 aliphatic carbocycles. The Hall–Kier alpha value is -2.33. The van der Waals surface area contributed by atoms with Gasteiger partial charge in [0.25, 0.3) is 0 Å². The predicted molar refractivity (Wildman–Crippen MR) is 92.6 cm³/mol. The first-order valence-electron chi connectivity index (χ1n) is 7.73. The fourth-order valence-corrected chi connectivity index (χ4v) is 3.39. The maximum atomic E-state index is 10.1. The van der Waals surface area contributed by atoms with Gasteiger partial charge in [-0.15, -0.1) is 0 Å². The fraction of sp³-hybridized carbons (Fsp3) is 0.222. The fourth-order valence-electron chi connectivity index (χ4n) is 3.22. The minimum atomic E-state index is 0.393. The summed E-state index contributed by atoms with van der Waals surface area (Å²) in [6.07, 6.45) is 5.70. The zero-order valence-electron chi connectivity index (χ0n) is 12.5. The van der Waals surface area contributed by atoms with Crippen LogP contribution in [0.4, 0.5) is 11.5 Å². The van der Waals surface area contributed by atoms with Gasteiger partial charge in [-0.25, -0.2) is 9.97 Å². The number of phenolic OH excluding ortho intramolecular Hbond substituents is 1. The van der Waals surface area contributed by atoms with Crippen LogP contribution in [0.15, 0.2) is 36.7 Å². The Kier molecular flexibility index (Phi) is 3.54. The molecular weight excluding hydrogens is 310 g/mol. The van der Waals surface area contributed by atoms with Crippen LogP contribution in [0.3, 0.4) is 0 Å². The van der Waals surface area contributed by atoms with Gasteiger partial charge < -0.3 is 10.4 Å². The topological polar surface area (TPSA) is 58.0 Å². The third-order valence-corrected chi connectivity index (χ3v) is 4.60. The molecule has 0 fully saturated rings. The van der Waals surface area contributed by atoms with Crippen LogP contribution in [0, 0.1) is 0 Å². The summed E-state index contributed by atoms with van der Waals surface area (Å²) in [6, 6.07) is 9.27. The minimum absolute atomic E-state index is 0.393. The molecule has 0 saturated carbocycles. The first kappa shape index (κ1) is 14.3. The van der Waals surface area contributed by atoms with Crippen molar-refractivity contribution in [3.05, 3.63) is 52.8 Å². The number of hydrogen-bond acceptors (Lipinski definition) is 4. The van der Waals surface area contributed by atoms with Gasteiger partial charge in [-0.3, -0.25) is 0 Å². The summed E-state index contributed by atoms with van der Waals surface area (Å²) in [5, 5.41) is 15.1. The lowest BCUT2D eigenvalue weighted by atomic mass is 9.89. The van der Waals surface area contributed by atoms with Crippen molar-refractivity contribution in [3.63, 3.8) is 0 Å². The summed E-state index contributed by atoms with van der Waals surface area (Å²) >= 11 is 6.03. The van der Waals surface area contributed by atoms with Gasteiger partial charge in [0.1, 0.15) is 17.9 Å². The number of aromatic hydroxyl groups is 1. The number of rotatable bonds is 2. The highest BCUT2D eigenvalue weighted by Gasteiger charge is 2.17. The highest BCUT2D eigenvalue weighted by atomic mass is 35.5. The van der Waals surface area contributed by atoms with Gasteiger partial charge in [0.2, 0.25) is 0 Å². The van der Waals surface area contributed by atoms with Crippen molar-refractivity contribution in [2.75, 3.05) is 5.32 Å². The molecule has 0 unspecified atom stereocenters. The minimum Gasteiger partial charge on any atom is -0.508 e. The summed E-state index contributed by atoms with van der Waals surface area (Å²) in [6.45, 7) is 0. The molecule has 2 aromatic carbocycles. The Bertz CT molecular complexity index is 895. The Labute approximate surface area is 139 Å². The van der Waals surface area contributed by atoms with E-state index in [2.05, 4.69) is 15.3 Å². The second-order valence-electron chi connectivity index (χ2n) is 5.81. The zero-order valence-corrected chi connectivity index (χ0v) is 13.3. The van der Waals surface area contributed by atoms with E-state index in [-0.39, 0.29) is 0 Å². The number of aromatic nitrogens is 2. The van der Waals surface area contributed by atoms with E-state index in [4.69, 9.17) is 11.6 Å². The molecule has 1 heterocycles. The van der Waals surface area contributed by atoms with E-state index < -0.39 is 0 Å². The molecule has 0 amide bonds. The number of nitrogens with zero attached hydrogens (tertiary/aromatic N) is 2. The van der Waals surface area contributed by atoms with E-state index in [1.165, 1.54) is 11.9 Å². The number of phenols is 1. The van der Waals surface area contributed by atoms with Gasteiger partial charge in [-0.2, -0.15) is 0 Å². The molecule has 1 aliphatic rings. The van der Waals surface area contributed by atoms with E-state index in [0.717, 1.165) is 53.7 Å². The van der Waals surface area contributed by atoms with Crippen LogP contribution in [-0.4, -0.2) is 15.1 Å². The molecule has 0 saturated heterocycles. The molecule has 0 bridgehead atoms. The average molecular weight is 326 g/mol. The van der Waals surface area contributed by atoms with Crippen LogP contribution in [0.1, 0.15) is 24.0 Å². The third-order valence-electron chi connectivity index (χ3n) is 4.36. The monoisotopic (exact) mass is 325 g/mol. The second-order valence-corrected chi connectivity index (χ2v) is 6.24. The first-order valence-corrected chi connectivity index (χ1v) is 8.11. The molecule has 1 aromatic heterocycles. The standard InChI is InChI=1S/C18H16ClN3O/c19-11-5-6-14-16(9-11)20-10-21-18(14)22-15-7-8-17(23)13-4-2-1-3-12(13)15/h5-10,23H,1-4H2,(H,20,21,22). The van der Waals surface area contributed by atoms with Crippen molar-refractivity contribution < 1.29 is 5.11 Å². The molecule has 23 heavy (non-hydrogen) atoms. The van der Waals surface area contributed by atoms with Gasteiger partial charge in [0.15, 0.2) is 0 Å². The molecule has 4 rings (SSSR count). The van der Waals surface area contributed by atoms with Crippen molar-refractivity contribution >= 4 is 34.0 Å². The molecular formula is C18H16ClN3O. The third kappa shape index (κ3) is 2.59. The first-order chi connectivity index (χ1) is 11.2. The number of hydrogen-bond donors (Lipinski definition) is 2. The number of benzene rings is 2. The van der Waals surface area contributed by atoms with Crippen molar-refractivity contribution in [2.45, 2.75) is 25.7 Å². The predicted octanol–water partition coefficient (Wildman–Crippen LogP) is 4.61. The SMILES string of the molecule is Oc1ccc(Nc2ncnc3cc(Cl)ccc23)c2c1CCCC2.